The topological polar surface area (TPSA) is 72.5 Å². The Kier molecular flexibility index (Phi) is 8.60. The minimum atomic E-state index is -0.0410. The summed E-state index contributed by atoms with van der Waals surface area (Å²) in [6, 6.07) is 11.5. The van der Waals surface area contributed by atoms with Gasteiger partial charge in [0.05, 0.1) is 7.11 Å². The van der Waals surface area contributed by atoms with Crippen molar-refractivity contribution in [3.8, 4) is 5.75 Å². The van der Waals surface area contributed by atoms with E-state index >= 15 is 0 Å². The number of aldehydes is 1. The first-order valence-electron chi connectivity index (χ1n) is 13.6. The van der Waals surface area contributed by atoms with Crippen LogP contribution in [-0.4, -0.2) is 25.1 Å². The molecule has 4 rings (SSSR count). The van der Waals surface area contributed by atoms with E-state index in [0.29, 0.717) is 17.4 Å². The van der Waals surface area contributed by atoms with Crippen LogP contribution in [-0.2, 0) is 11.2 Å². The molecule has 192 valence electrons. The van der Waals surface area contributed by atoms with Gasteiger partial charge in [0.1, 0.15) is 12.0 Å². The third-order valence-electron chi connectivity index (χ3n) is 8.35. The normalized spacial score (nSPS) is 22.8. The number of benzene rings is 2. The number of fused-ring (bicyclic) bond motifs is 1. The number of carbonyl (C=O) groups excluding carboxylic acids is 3. The summed E-state index contributed by atoms with van der Waals surface area (Å²) in [5.74, 6) is 1.71. The lowest BCUT2D eigenvalue weighted by Gasteiger charge is -2.32. The first kappa shape index (κ1) is 26.1. The lowest BCUT2D eigenvalue weighted by molar-refractivity contribution is -0.121. The minimum absolute atomic E-state index is 0.0147. The molecule has 36 heavy (non-hydrogen) atoms. The Hall–Kier alpha value is -2.95. The number of carbonyl (C=O) groups is 3. The van der Waals surface area contributed by atoms with Crippen LogP contribution >= 0.6 is 0 Å². The van der Waals surface area contributed by atoms with E-state index in [4.69, 9.17) is 4.74 Å². The fourth-order valence-electron chi connectivity index (χ4n) is 6.32. The predicted molar refractivity (Wildman–Crippen MR) is 143 cm³/mol. The summed E-state index contributed by atoms with van der Waals surface area (Å²) in [5, 5.41) is 3.10. The van der Waals surface area contributed by atoms with Gasteiger partial charge in [-0.25, -0.2) is 0 Å². The van der Waals surface area contributed by atoms with Crippen LogP contribution in [0, 0.1) is 17.8 Å². The lowest BCUT2D eigenvalue weighted by Crippen LogP contribution is -2.32. The van der Waals surface area contributed by atoms with E-state index in [1.807, 2.05) is 24.3 Å². The van der Waals surface area contributed by atoms with Crippen LogP contribution in [0.2, 0.25) is 0 Å². The first-order valence-corrected chi connectivity index (χ1v) is 13.6. The number of ether oxygens (including phenoxy) is 1. The average Bonchev–Trinajstić information content (AvgIpc) is 3.07. The van der Waals surface area contributed by atoms with Crippen molar-refractivity contribution in [1.82, 2.24) is 0 Å². The molecule has 0 radical (unpaired) electrons. The van der Waals surface area contributed by atoms with Crippen LogP contribution in [0.4, 0.5) is 5.69 Å². The zero-order chi connectivity index (χ0) is 25.7. The number of rotatable bonds is 8. The maximum Gasteiger partial charge on any atom is 0.227 e. The van der Waals surface area contributed by atoms with Crippen LogP contribution in [0.1, 0.15) is 103 Å². The quantitative estimate of drug-likeness (QED) is 0.320. The molecule has 1 N–H and O–H groups in total. The van der Waals surface area contributed by atoms with E-state index in [1.165, 1.54) is 5.56 Å². The summed E-state index contributed by atoms with van der Waals surface area (Å²) in [5.41, 5.74) is 4.23. The molecular formula is C31H39NO4. The Morgan fingerprint density at radius 3 is 2.61 bits per heavy atom. The molecule has 1 saturated carbocycles. The van der Waals surface area contributed by atoms with Crippen molar-refractivity contribution in [3.63, 3.8) is 0 Å². The predicted octanol–water partition coefficient (Wildman–Crippen LogP) is 6.99. The summed E-state index contributed by atoms with van der Waals surface area (Å²) < 4.78 is 5.62. The number of Topliss-reactive ketones (excluding diaryl/α,β-unsaturated/α-hetero) is 1. The van der Waals surface area contributed by atoms with E-state index in [-0.39, 0.29) is 23.5 Å². The molecule has 2 aliphatic rings. The second kappa shape index (κ2) is 11.9. The number of hydrogen-bond donors (Lipinski definition) is 1. The molecule has 5 heteroatoms. The van der Waals surface area contributed by atoms with Gasteiger partial charge < -0.3 is 10.1 Å². The smallest absolute Gasteiger partial charge is 0.227 e. The average molecular weight is 490 g/mol. The van der Waals surface area contributed by atoms with Gasteiger partial charge in [-0.15, -0.1) is 0 Å². The molecule has 1 amide bonds. The van der Waals surface area contributed by atoms with Crippen molar-refractivity contribution < 1.29 is 19.1 Å². The molecular weight excluding hydrogens is 450 g/mol. The number of anilines is 1. The monoisotopic (exact) mass is 489 g/mol. The van der Waals surface area contributed by atoms with Gasteiger partial charge in [-0.05, 0) is 80.4 Å². The summed E-state index contributed by atoms with van der Waals surface area (Å²) in [6.45, 7) is 4.39. The van der Waals surface area contributed by atoms with Gasteiger partial charge in [0.2, 0.25) is 5.91 Å². The van der Waals surface area contributed by atoms with E-state index in [9.17, 15) is 14.4 Å². The van der Waals surface area contributed by atoms with E-state index in [0.717, 1.165) is 86.6 Å². The van der Waals surface area contributed by atoms with Gasteiger partial charge in [-0.1, -0.05) is 44.5 Å². The highest BCUT2D eigenvalue weighted by Gasteiger charge is 2.36. The van der Waals surface area contributed by atoms with Gasteiger partial charge in [0.25, 0.3) is 0 Å². The summed E-state index contributed by atoms with van der Waals surface area (Å²) in [4.78, 5) is 38.0. The van der Waals surface area contributed by atoms with E-state index in [2.05, 4.69) is 25.2 Å². The maximum absolute atomic E-state index is 13.4. The van der Waals surface area contributed by atoms with Crippen LogP contribution in [0.25, 0.3) is 0 Å². The van der Waals surface area contributed by atoms with Crippen LogP contribution in [0.5, 0.6) is 5.75 Å². The lowest BCUT2D eigenvalue weighted by atomic mass is 9.72. The SMILES string of the molecule is CCCC(C)c1ccc(NC(=O)C2CCC(C3CCCc4c(C=O)cccc4C3=O)CC2)cc1OC. The molecule has 2 unspecified atom stereocenters. The standard InChI is InChI=1S/C31H39NO4/c1-4-7-20(2)25-17-16-24(18-29(25)36-3)32-31(35)22-14-12-21(13-15-22)27-10-6-9-26-23(19-33)8-5-11-28(26)30(27)34/h5,8,11,16-22,27H,4,6-7,9-10,12-15H2,1-3H3,(H,32,35). The number of methoxy groups -OCH3 is 1. The minimum Gasteiger partial charge on any atom is -0.496 e. The summed E-state index contributed by atoms with van der Waals surface area (Å²) >= 11 is 0. The second-order valence-corrected chi connectivity index (χ2v) is 10.6. The van der Waals surface area contributed by atoms with Crippen LogP contribution < -0.4 is 10.1 Å². The largest absolute Gasteiger partial charge is 0.496 e. The molecule has 5 nitrogen and oxygen atoms in total. The second-order valence-electron chi connectivity index (χ2n) is 10.6. The Balaban J connectivity index is 1.37. The molecule has 0 aliphatic heterocycles. The third-order valence-corrected chi connectivity index (χ3v) is 8.35. The van der Waals surface area contributed by atoms with Gasteiger partial charge >= 0.3 is 0 Å². The van der Waals surface area contributed by atoms with E-state index in [1.54, 1.807) is 13.2 Å². The molecule has 1 fully saturated rings. The highest BCUT2D eigenvalue weighted by Crippen LogP contribution is 2.40. The third kappa shape index (κ3) is 5.55. The van der Waals surface area contributed by atoms with Crippen molar-refractivity contribution in [3.05, 3.63) is 58.7 Å². The Morgan fingerprint density at radius 1 is 1.14 bits per heavy atom. The summed E-state index contributed by atoms with van der Waals surface area (Å²) in [7, 11) is 1.68. The molecule has 0 bridgehead atoms. The number of amides is 1. The van der Waals surface area contributed by atoms with Gasteiger partial charge in [-0.3, -0.25) is 14.4 Å². The van der Waals surface area contributed by atoms with Gasteiger partial charge in [0, 0.05) is 34.7 Å². The first-order chi connectivity index (χ1) is 17.5. The molecule has 0 spiro atoms. The number of ketones is 1. The van der Waals surface area contributed by atoms with Crippen molar-refractivity contribution in [1.29, 1.82) is 0 Å². The van der Waals surface area contributed by atoms with Crippen LogP contribution in [0.3, 0.4) is 0 Å². The number of hydrogen-bond acceptors (Lipinski definition) is 4. The van der Waals surface area contributed by atoms with Crippen molar-refractivity contribution in [2.24, 2.45) is 17.8 Å². The van der Waals surface area contributed by atoms with Gasteiger partial charge in [0.15, 0.2) is 5.78 Å². The fourth-order valence-corrected chi connectivity index (χ4v) is 6.32. The van der Waals surface area contributed by atoms with Crippen molar-refractivity contribution >= 4 is 23.7 Å². The molecule has 2 atom stereocenters. The van der Waals surface area contributed by atoms with Gasteiger partial charge in [-0.2, -0.15) is 0 Å². The molecule has 0 saturated heterocycles. The highest BCUT2D eigenvalue weighted by atomic mass is 16.5. The molecule has 0 heterocycles. The van der Waals surface area contributed by atoms with Crippen molar-refractivity contribution in [2.45, 2.75) is 77.6 Å². The van der Waals surface area contributed by atoms with E-state index < -0.39 is 0 Å². The Bertz CT molecular complexity index is 1100. The molecule has 0 aromatic heterocycles. The Labute approximate surface area is 215 Å². The van der Waals surface area contributed by atoms with Crippen molar-refractivity contribution in [2.75, 3.05) is 12.4 Å². The molecule has 2 aliphatic carbocycles. The zero-order valence-electron chi connectivity index (χ0n) is 21.8. The highest BCUT2D eigenvalue weighted by molar-refractivity contribution is 6.01. The van der Waals surface area contributed by atoms with Crippen LogP contribution in [0.15, 0.2) is 36.4 Å². The fraction of sp³-hybridized carbons (Fsp3) is 0.516. The molecule has 2 aromatic rings. The molecule has 2 aromatic carbocycles. The maximum atomic E-state index is 13.4. The number of nitrogens with one attached hydrogen (secondary N) is 1. The summed E-state index contributed by atoms with van der Waals surface area (Å²) in [6.07, 6.45) is 8.99. The zero-order valence-corrected chi connectivity index (χ0v) is 21.8. The Morgan fingerprint density at radius 2 is 1.92 bits per heavy atom.